The number of piperidine rings is 1. The summed E-state index contributed by atoms with van der Waals surface area (Å²) in [6, 6.07) is 8.53. The maximum Gasteiger partial charge on any atom is 0.317 e. The lowest BCUT2D eigenvalue weighted by molar-refractivity contribution is 0.173. The number of urea groups is 1. The number of hydrogen-bond acceptors (Lipinski definition) is 3. The van der Waals surface area contributed by atoms with Crippen LogP contribution in [0.4, 0.5) is 10.5 Å². The molecule has 2 aliphatic rings. The van der Waals surface area contributed by atoms with Gasteiger partial charge in [0.2, 0.25) is 0 Å². The Labute approximate surface area is 145 Å². The summed E-state index contributed by atoms with van der Waals surface area (Å²) in [6.45, 7) is 8.91. The van der Waals surface area contributed by atoms with E-state index in [1.807, 2.05) is 4.90 Å². The van der Waals surface area contributed by atoms with Crippen LogP contribution in [0.3, 0.4) is 0 Å². The zero-order chi connectivity index (χ0) is 16.9. The second kappa shape index (κ2) is 7.88. The Hall–Kier alpha value is -1.75. The molecule has 1 N–H and O–H groups in total. The van der Waals surface area contributed by atoms with Gasteiger partial charge in [0.05, 0.1) is 0 Å². The van der Waals surface area contributed by atoms with Gasteiger partial charge in [-0.15, -0.1) is 0 Å². The summed E-state index contributed by atoms with van der Waals surface area (Å²) in [5.41, 5.74) is 2.47. The first-order chi connectivity index (χ1) is 11.6. The fourth-order valence-corrected chi connectivity index (χ4v) is 3.51. The number of nitrogens with zero attached hydrogens (tertiary/aromatic N) is 3. The van der Waals surface area contributed by atoms with E-state index in [4.69, 9.17) is 0 Å². The largest absolute Gasteiger partial charge is 0.369 e. The van der Waals surface area contributed by atoms with Crippen LogP contribution in [-0.4, -0.2) is 62.1 Å². The van der Waals surface area contributed by atoms with Crippen LogP contribution in [0.5, 0.6) is 0 Å². The van der Waals surface area contributed by atoms with Crippen LogP contribution in [-0.2, 0) is 6.54 Å². The Bertz CT molecular complexity index is 546. The second-order valence-corrected chi connectivity index (χ2v) is 7.25. The monoisotopic (exact) mass is 330 g/mol. The van der Waals surface area contributed by atoms with Crippen LogP contribution in [0.2, 0.25) is 0 Å². The molecular weight excluding hydrogens is 300 g/mol. The van der Waals surface area contributed by atoms with Gasteiger partial charge >= 0.3 is 6.03 Å². The Morgan fingerprint density at radius 1 is 1.08 bits per heavy atom. The molecular formula is C19H30N4O. The predicted molar refractivity (Wildman–Crippen MR) is 98.4 cm³/mol. The lowest BCUT2D eigenvalue weighted by atomic mass is 10.00. The van der Waals surface area contributed by atoms with Crippen molar-refractivity contribution in [2.24, 2.45) is 5.92 Å². The molecule has 5 heteroatoms. The van der Waals surface area contributed by atoms with Gasteiger partial charge in [-0.1, -0.05) is 25.1 Å². The maximum atomic E-state index is 12.4. The minimum Gasteiger partial charge on any atom is -0.369 e. The summed E-state index contributed by atoms with van der Waals surface area (Å²) in [4.78, 5) is 19.2. The van der Waals surface area contributed by atoms with E-state index in [0.29, 0.717) is 6.54 Å². The molecule has 2 saturated heterocycles. The molecule has 2 fully saturated rings. The van der Waals surface area contributed by atoms with Crippen LogP contribution >= 0.6 is 0 Å². The highest BCUT2D eigenvalue weighted by molar-refractivity contribution is 5.74. The normalized spacial score (nSPS) is 20.2. The third-order valence-corrected chi connectivity index (χ3v) is 5.34. The number of amides is 2. The Balaban J connectivity index is 1.58. The molecule has 5 nitrogen and oxygen atoms in total. The molecule has 0 spiro atoms. The number of anilines is 1. The molecule has 0 saturated carbocycles. The molecule has 0 aromatic heterocycles. The number of piperazine rings is 1. The van der Waals surface area contributed by atoms with Crippen LogP contribution < -0.4 is 10.2 Å². The second-order valence-electron chi connectivity index (χ2n) is 7.25. The Kier molecular flexibility index (Phi) is 5.61. The lowest BCUT2D eigenvalue weighted by Gasteiger charge is -2.35. The SMILES string of the molecule is CC1CCN(C(=O)NCc2ccccc2N2CCN(C)CC2)CC1. The van der Waals surface area contributed by atoms with E-state index in [-0.39, 0.29) is 6.03 Å². The van der Waals surface area contributed by atoms with E-state index >= 15 is 0 Å². The van der Waals surface area contributed by atoms with Crippen LogP contribution in [0.15, 0.2) is 24.3 Å². The van der Waals surface area contributed by atoms with E-state index in [1.54, 1.807) is 0 Å². The van der Waals surface area contributed by atoms with Crippen molar-refractivity contribution in [3.8, 4) is 0 Å². The Morgan fingerprint density at radius 3 is 2.46 bits per heavy atom. The van der Waals surface area contributed by atoms with Gasteiger partial charge in [-0.3, -0.25) is 0 Å². The minimum absolute atomic E-state index is 0.0788. The first kappa shape index (κ1) is 17.1. The summed E-state index contributed by atoms with van der Waals surface area (Å²) in [7, 11) is 2.17. The van der Waals surface area contributed by atoms with Crippen molar-refractivity contribution in [2.45, 2.75) is 26.3 Å². The molecule has 132 valence electrons. The highest BCUT2D eigenvalue weighted by Gasteiger charge is 2.21. The lowest BCUT2D eigenvalue weighted by Crippen LogP contribution is -2.45. The zero-order valence-electron chi connectivity index (χ0n) is 15.0. The van der Waals surface area contributed by atoms with E-state index in [0.717, 1.165) is 58.0 Å². The molecule has 24 heavy (non-hydrogen) atoms. The molecule has 0 unspecified atom stereocenters. The molecule has 0 bridgehead atoms. The van der Waals surface area contributed by atoms with Gasteiger partial charge in [0, 0.05) is 51.5 Å². The number of likely N-dealkylation sites (tertiary alicyclic amines) is 1. The number of carbonyl (C=O) groups excluding carboxylic acids is 1. The average Bonchev–Trinajstić information content (AvgIpc) is 2.61. The first-order valence-electron chi connectivity index (χ1n) is 9.17. The number of nitrogens with one attached hydrogen (secondary N) is 1. The van der Waals surface area contributed by atoms with E-state index < -0.39 is 0 Å². The first-order valence-corrected chi connectivity index (χ1v) is 9.17. The summed E-state index contributed by atoms with van der Waals surface area (Å²) in [6.07, 6.45) is 2.23. The molecule has 0 aliphatic carbocycles. The van der Waals surface area contributed by atoms with Gasteiger partial charge in [0.15, 0.2) is 0 Å². The topological polar surface area (TPSA) is 38.8 Å². The minimum atomic E-state index is 0.0788. The third kappa shape index (κ3) is 4.20. The average molecular weight is 330 g/mol. The fraction of sp³-hybridized carbons (Fsp3) is 0.632. The highest BCUT2D eigenvalue weighted by atomic mass is 16.2. The van der Waals surface area contributed by atoms with E-state index in [9.17, 15) is 4.79 Å². The van der Waals surface area contributed by atoms with Gasteiger partial charge in [-0.25, -0.2) is 4.79 Å². The maximum absolute atomic E-state index is 12.4. The van der Waals surface area contributed by atoms with Crippen molar-refractivity contribution in [2.75, 3.05) is 51.2 Å². The van der Waals surface area contributed by atoms with Crippen molar-refractivity contribution in [3.05, 3.63) is 29.8 Å². The van der Waals surface area contributed by atoms with Crippen molar-refractivity contribution >= 4 is 11.7 Å². The smallest absolute Gasteiger partial charge is 0.317 e. The molecule has 3 rings (SSSR count). The summed E-state index contributed by atoms with van der Waals surface area (Å²) < 4.78 is 0. The number of carbonyl (C=O) groups is 1. The van der Waals surface area contributed by atoms with Gasteiger partial charge in [0.25, 0.3) is 0 Å². The third-order valence-electron chi connectivity index (χ3n) is 5.34. The molecule has 0 radical (unpaired) electrons. The van der Waals surface area contributed by atoms with Gasteiger partial charge < -0.3 is 20.0 Å². The number of para-hydroxylation sites is 1. The van der Waals surface area contributed by atoms with Crippen molar-refractivity contribution < 1.29 is 4.79 Å². The van der Waals surface area contributed by atoms with E-state index in [1.165, 1.54) is 11.3 Å². The molecule has 1 aromatic carbocycles. The standard InChI is InChI=1S/C19H30N4O/c1-16-7-9-23(10-8-16)19(24)20-15-17-5-3-4-6-18(17)22-13-11-21(2)12-14-22/h3-6,16H,7-15H2,1-2H3,(H,20,24). The van der Waals surface area contributed by atoms with Crippen molar-refractivity contribution in [3.63, 3.8) is 0 Å². The van der Waals surface area contributed by atoms with Gasteiger partial charge in [-0.05, 0) is 37.4 Å². The zero-order valence-corrected chi connectivity index (χ0v) is 15.0. The Morgan fingerprint density at radius 2 is 1.75 bits per heavy atom. The van der Waals surface area contributed by atoms with Gasteiger partial charge in [0.1, 0.15) is 0 Å². The number of benzene rings is 1. The summed E-state index contributed by atoms with van der Waals surface area (Å²) in [5, 5.41) is 3.12. The van der Waals surface area contributed by atoms with Gasteiger partial charge in [-0.2, -0.15) is 0 Å². The number of rotatable bonds is 3. The van der Waals surface area contributed by atoms with Crippen LogP contribution in [0, 0.1) is 5.92 Å². The molecule has 2 amide bonds. The molecule has 2 aliphatic heterocycles. The summed E-state index contributed by atoms with van der Waals surface area (Å²) in [5.74, 6) is 0.743. The van der Waals surface area contributed by atoms with Crippen LogP contribution in [0.25, 0.3) is 0 Å². The quantitative estimate of drug-likeness (QED) is 0.925. The van der Waals surface area contributed by atoms with E-state index in [2.05, 4.69) is 53.4 Å². The van der Waals surface area contributed by atoms with Crippen molar-refractivity contribution in [1.82, 2.24) is 15.1 Å². The predicted octanol–water partition coefficient (Wildman–Crippen LogP) is 2.38. The molecule has 2 heterocycles. The molecule has 1 aromatic rings. The van der Waals surface area contributed by atoms with Crippen molar-refractivity contribution in [1.29, 1.82) is 0 Å². The molecule has 0 atom stereocenters. The fourth-order valence-electron chi connectivity index (χ4n) is 3.51. The number of likely N-dealkylation sites (N-methyl/N-ethyl adjacent to an activating group) is 1. The highest BCUT2D eigenvalue weighted by Crippen LogP contribution is 2.22. The summed E-state index contributed by atoms with van der Waals surface area (Å²) >= 11 is 0. The number of hydrogen-bond donors (Lipinski definition) is 1. The van der Waals surface area contributed by atoms with Crippen LogP contribution in [0.1, 0.15) is 25.3 Å².